The Bertz CT molecular complexity index is 563. The summed E-state index contributed by atoms with van der Waals surface area (Å²) in [6.07, 6.45) is 2.42. The number of hydrogen-bond acceptors (Lipinski definition) is 5. The van der Waals surface area contributed by atoms with Crippen LogP contribution in [0.1, 0.15) is 25.3 Å². The summed E-state index contributed by atoms with van der Waals surface area (Å²) in [4.78, 5) is 2.66. The van der Waals surface area contributed by atoms with E-state index in [0.717, 1.165) is 5.56 Å². The molecule has 0 bridgehead atoms. The lowest BCUT2D eigenvalue weighted by molar-refractivity contribution is 0.106. The molecule has 0 heterocycles. The topological polar surface area (TPSA) is 102 Å². The molecular formula is C17H30N4O3Si. The lowest BCUT2D eigenvalue weighted by Gasteiger charge is -2.23. The molecule has 0 aliphatic rings. The molecule has 0 amide bonds. The van der Waals surface area contributed by atoms with Gasteiger partial charge in [-0.25, -0.2) is 0 Å². The summed E-state index contributed by atoms with van der Waals surface area (Å²) in [5.74, 6) is 0.646. The van der Waals surface area contributed by atoms with Gasteiger partial charge >= 0.3 is 0 Å². The first-order chi connectivity index (χ1) is 12.0. The maximum Gasteiger partial charge on any atom is 0.187 e. The van der Waals surface area contributed by atoms with Crippen LogP contribution in [0.3, 0.4) is 0 Å². The highest BCUT2D eigenvalue weighted by molar-refractivity contribution is 6.71. The average Bonchev–Trinajstić information content (AvgIpc) is 2.59. The van der Waals surface area contributed by atoms with Crippen LogP contribution in [0.4, 0.5) is 5.69 Å². The largest absolute Gasteiger partial charge is 0.489 e. The van der Waals surface area contributed by atoms with Crippen molar-refractivity contribution in [2.45, 2.75) is 45.5 Å². The van der Waals surface area contributed by atoms with Crippen molar-refractivity contribution in [3.63, 3.8) is 0 Å². The summed E-state index contributed by atoms with van der Waals surface area (Å²) in [5.41, 5.74) is 15.8. The Morgan fingerprint density at radius 1 is 1.24 bits per heavy atom. The summed E-state index contributed by atoms with van der Waals surface area (Å²) in [7, 11) is -1.61. The molecule has 140 valence electrons. The van der Waals surface area contributed by atoms with E-state index in [-0.39, 0.29) is 0 Å². The van der Waals surface area contributed by atoms with Gasteiger partial charge in [-0.3, -0.25) is 0 Å². The summed E-state index contributed by atoms with van der Waals surface area (Å²) in [6.45, 7) is 8.81. The van der Waals surface area contributed by atoms with Crippen molar-refractivity contribution in [2.75, 3.05) is 32.1 Å². The quantitative estimate of drug-likeness (QED) is 0.139. The summed E-state index contributed by atoms with van der Waals surface area (Å²) >= 11 is 0. The number of benzene rings is 1. The van der Waals surface area contributed by atoms with Crippen molar-refractivity contribution in [3.8, 4) is 5.75 Å². The molecule has 1 rings (SSSR count). The van der Waals surface area contributed by atoms with Gasteiger partial charge in [0, 0.05) is 11.5 Å². The number of ether oxygens (including phenoxy) is 2. The molecule has 1 aromatic rings. The molecule has 0 aromatic heterocycles. The Hall–Kier alpha value is -1.73. The maximum absolute atomic E-state index is 8.17. The Kier molecular flexibility index (Phi) is 10.0. The second kappa shape index (κ2) is 11.8. The van der Waals surface area contributed by atoms with Gasteiger partial charge in [0.25, 0.3) is 0 Å². The molecule has 8 heteroatoms. The van der Waals surface area contributed by atoms with Crippen LogP contribution in [0, 0.1) is 0 Å². The third-order valence-electron chi connectivity index (χ3n) is 3.72. The number of unbranched alkanes of at least 4 members (excludes halogenated alkanes) is 1. The summed E-state index contributed by atoms with van der Waals surface area (Å²) in [5, 5.41) is 3.40. The number of nitrogens with two attached hydrogens (primary N) is 1. The predicted octanol–water partition coefficient (Wildman–Crippen LogP) is 4.50. The Morgan fingerprint density at radius 2 is 2.04 bits per heavy atom. The minimum absolute atomic E-state index is 0.323. The van der Waals surface area contributed by atoms with Crippen LogP contribution in [-0.2, 0) is 15.8 Å². The van der Waals surface area contributed by atoms with E-state index in [2.05, 4.69) is 30.0 Å². The smallest absolute Gasteiger partial charge is 0.187 e. The fourth-order valence-electron chi connectivity index (χ4n) is 2.21. The van der Waals surface area contributed by atoms with Gasteiger partial charge in [-0.15, -0.1) is 0 Å². The molecule has 0 spiro atoms. The van der Waals surface area contributed by atoms with E-state index in [1.807, 2.05) is 18.2 Å². The first kappa shape index (κ1) is 21.3. The van der Waals surface area contributed by atoms with E-state index >= 15 is 0 Å². The molecule has 0 aliphatic heterocycles. The second-order valence-electron chi connectivity index (χ2n) is 6.44. The minimum Gasteiger partial charge on any atom is -0.489 e. The molecule has 0 saturated carbocycles. The Labute approximate surface area is 151 Å². The van der Waals surface area contributed by atoms with Crippen LogP contribution in [0.15, 0.2) is 23.3 Å². The molecule has 0 saturated heterocycles. The van der Waals surface area contributed by atoms with Gasteiger partial charge in [-0.1, -0.05) is 30.9 Å². The van der Waals surface area contributed by atoms with Crippen LogP contribution < -0.4 is 10.5 Å². The van der Waals surface area contributed by atoms with Crippen molar-refractivity contribution in [1.82, 2.24) is 0 Å². The zero-order chi connectivity index (χ0) is 18.5. The molecule has 0 radical (unpaired) electrons. The van der Waals surface area contributed by atoms with Gasteiger partial charge in [-0.2, -0.15) is 0 Å². The average molecular weight is 367 g/mol. The van der Waals surface area contributed by atoms with E-state index < -0.39 is 8.32 Å². The van der Waals surface area contributed by atoms with Crippen LogP contribution in [0.25, 0.3) is 10.4 Å². The molecule has 2 N–H and O–H groups in total. The fraction of sp³-hybridized carbons (Fsp3) is 0.647. The maximum atomic E-state index is 8.17. The van der Waals surface area contributed by atoms with Crippen molar-refractivity contribution in [2.24, 2.45) is 5.11 Å². The SMILES string of the molecule is CCCC[Si](C)(C)OCc1ccc(N)c(OCCOCCN=[N+]=[N-])c1. The van der Waals surface area contributed by atoms with Gasteiger partial charge in [0.15, 0.2) is 8.32 Å². The highest BCUT2D eigenvalue weighted by atomic mass is 28.4. The third kappa shape index (κ3) is 9.36. The van der Waals surface area contributed by atoms with Gasteiger partial charge in [-0.05, 0) is 42.4 Å². The molecule has 1 aromatic carbocycles. The molecule has 25 heavy (non-hydrogen) atoms. The third-order valence-corrected chi connectivity index (χ3v) is 6.21. The van der Waals surface area contributed by atoms with Gasteiger partial charge in [0.05, 0.1) is 25.5 Å². The number of nitrogen functional groups attached to an aromatic ring is 1. The highest BCUT2D eigenvalue weighted by Gasteiger charge is 2.21. The lowest BCUT2D eigenvalue weighted by Crippen LogP contribution is -2.29. The second-order valence-corrected chi connectivity index (χ2v) is 10.7. The number of hydrogen-bond donors (Lipinski definition) is 1. The number of nitrogens with zero attached hydrogens (tertiary/aromatic N) is 3. The summed E-state index contributed by atoms with van der Waals surface area (Å²) in [6, 6.07) is 6.93. The van der Waals surface area contributed by atoms with E-state index in [0.29, 0.717) is 44.4 Å². The van der Waals surface area contributed by atoms with E-state index in [4.69, 9.17) is 25.2 Å². The van der Waals surface area contributed by atoms with Crippen molar-refractivity contribution in [3.05, 3.63) is 34.2 Å². The number of rotatable bonds is 13. The van der Waals surface area contributed by atoms with Crippen LogP contribution in [-0.4, -0.2) is 34.7 Å². The molecule has 0 aliphatic carbocycles. The number of azide groups is 1. The first-order valence-corrected chi connectivity index (χ1v) is 11.8. The predicted molar refractivity (Wildman–Crippen MR) is 103 cm³/mol. The van der Waals surface area contributed by atoms with E-state index in [1.165, 1.54) is 18.9 Å². The first-order valence-electron chi connectivity index (χ1n) is 8.72. The van der Waals surface area contributed by atoms with Crippen LogP contribution in [0.5, 0.6) is 5.75 Å². The van der Waals surface area contributed by atoms with E-state index in [9.17, 15) is 0 Å². The van der Waals surface area contributed by atoms with Crippen LogP contribution in [0.2, 0.25) is 19.1 Å². The molecule has 0 fully saturated rings. The normalized spacial score (nSPS) is 11.2. The van der Waals surface area contributed by atoms with Gasteiger partial charge in [0.1, 0.15) is 12.4 Å². The van der Waals surface area contributed by atoms with Gasteiger partial charge in [0.2, 0.25) is 0 Å². The van der Waals surface area contributed by atoms with Crippen LogP contribution >= 0.6 is 0 Å². The molecular weight excluding hydrogens is 336 g/mol. The molecule has 0 atom stereocenters. The van der Waals surface area contributed by atoms with Gasteiger partial charge < -0.3 is 19.6 Å². The molecule has 7 nitrogen and oxygen atoms in total. The Balaban J connectivity index is 2.43. The lowest BCUT2D eigenvalue weighted by atomic mass is 10.2. The molecule has 0 unspecified atom stereocenters. The summed E-state index contributed by atoms with van der Waals surface area (Å²) < 4.78 is 17.2. The Morgan fingerprint density at radius 3 is 2.76 bits per heavy atom. The standard InChI is InChI=1S/C17H30N4O3Si/c1-4-5-12-25(2,3)24-14-15-6-7-16(18)17(13-15)23-11-10-22-9-8-20-21-19/h6-7,13H,4-5,8-12,14,18H2,1-3H3. The minimum atomic E-state index is -1.61. The highest BCUT2D eigenvalue weighted by Crippen LogP contribution is 2.24. The van der Waals surface area contributed by atoms with Crippen molar-refractivity contribution < 1.29 is 13.9 Å². The monoisotopic (exact) mass is 366 g/mol. The van der Waals surface area contributed by atoms with Crippen molar-refractivity contribution in [1.29, 1.82) is 0 Å². The zero-order valence-electron chi connectivity index (χ0n) is 15.5. The zero-order valence-corrected chi connectivity index (χ0v) is 16.5. The van der Waals surface area contributed by atoms with E-state index in [1.54, 1.807) is 0 Å². The number of anilines is 1. The fourth-order valence-corrected chi connectivity index (χ4v) is 4.12. The van der Waals surface area contributed by atoms with Crippen molar-refractivity contribution >= 4 is 14.0 Å².